The highest BCUT2D eigenvalue weighted by molar-refractivity contribution is 5.89. The van der Waals surface area contributed by atoms with E-state index in [4.69, 9.17) is 11.5 Å². The van der Waals surface area contributed by atoms with Gasteiger partial charge in [-0.15, -0.1) is 12.4 Å². The van der Waals surface area contributed by atoms with Gasteiger partial charge in [0, 0.05) is 51.2 Å². The van der Waals surface area contributed by atoms with Crippen LogP contribution >= 0.6 is 12.4 Å². The Hall–Kier alpha value is -2.47. The Bertz CT molecular complexity index is 1050. The van der Waals surface area contributed by atoms with Crippen LogP contribution in [0.15, 0.2) is 23.1 Å². The summed E-state index contributed by atoms with van der Waals surface area (Å²) >= 11 is 0. The van der Waals surface area contributed by atoms with Gasteiger partial charge >= 0.3 is 11.7 Å². The summed E-state index contributed by atoms with van der Waals surface area (Å²) in [6, 6.07) is 1.32. The summed E-state index contributed by atoms with van der Waals surface area (Å²) < 4.78 is 1.57. The number of anilines is 1. The lowest BCUT2D eigenvalue weighted by Gasteiger charge is -2.37. The number of rotatable bonds is 6. The number of carbonyl (C=O) groups excluding carboxylic acids is 2. The Morgan fingerprint density at radius 3 is 2.38 bits per heavy atom. The molecule has 1 aromatic heterocycles. The van der Waals surface area contributed by atoms with Gasteiger partial charge in [0.1, 0.15) is 5.82 Å². The van der Waals surface area contributed by atoms with Gasteiger partial charge in [-0.25, -0.2) is 9.59 Å². The highest BCUT2D eigenvalue weighted by atomic mass is 35.5. The molecular weight excluding hydrogens is 496 g/mol. The van der Waals surface area contributed by atoms with E-state index in [1.807, 2.05) is 0 Å². The molecule has 0 saturated carbocycles. The van der Waals surface area contributed by atoms with Gasteiger partial charge < -0.3 is 26.2 Å². The summed E-state index contributed by atoms with van der Waals surface area (Å²) in [5, 5.41) is 2.71. The van der Waals surface area contributed by atoms with Crippen LogP contribution in [-0.4, -0.2) is 94.1 Å². The minimum absolute atomic E-state index is 0. The first kappa shape index (κ1) is 29.1. The molecule has 2 saturated heterocycles. The van der Waals surface area contributed by atoms with Crippen LogP contribution in [0.2, 0.25) is 0 Å². The molecule has 11 nitrogen and oxygen atoms in total. The number of halogens is 1. The molecule has 0 aromatic carbocycles. The van der Waals surface area contributed by atoms with Crippen molar-refractivity contribution < 1.29 is 9.59 Å². The first-order valence-corrected chi connectivity index (χ1v) is 13.0. The molecule has 37 heavy (non-hydrogen) atoms. The maximum Gasteiger partial charge on any atom is 0.353 e. The molecule has 206 valence electrons. The Kier molecular flexibility index (Phi) is 9.74. The minimum atomic E-state index is -0.936. The smallest absolute Gasteiger partial charge is 0.338 e. The van der Waals surface area contributed by atoms with Gasteiger partial charge in [0.15, 0.2) is 0 Å². The molecule has 1 aliphatic carbocycles. The van der Waals surface area contributed by atoms with Crippen molar-refractivity contribution in [3.8, 4) is 0 Å². The van der Waals surface area contributed by atoms with Crippen molar-refractivity contribution in [1.29, 1.82) is 0 Å². The quantitative estimate of drug-likeness (QED) is 0.492. The van der Waals surface area contributed by atoms with Crippen molar-refractivity contribution >= 4 is 35.9 Å². The fourth-order valence-corrected chi connectivity index (χ4v) is 5.30. The Morgan fingerprint density at radius 1 is 1.11 bits per heavy atom. The van der Waals surface area contributed by atoms with Gasteiger partial charge in [-0.1, -0.05) is 6.08 Å². The minimum Gasteiger partial charge on any atom is -0.338 e. The molecule has 12 heteroatoms. The number of nitrogens with zero attached hydrogens (tertiary/aromatic N) is 5. The zero-order chi connectivity index (χ0) is 25.9. The normalized spacial score (nSPS) is 22.9. The van der Waals surface area contributed by atoms with E-state index in [0.717, 1.165) is 51.1 Å². The standard InChI is InChI=1S/C25H40N8O3.ClH/c1-25(2,27)22(34)31-11-13-32(14-12-31)23(35)28-21-8-10-33(24(36)29-21)20-5-3-18(4-6-20)16-30-9-7-19(15-26)17-30;/h5,8,10,18-19H,3-4,6-7,9,11-17,26-27H2,1-2H3,(H,28,29,35,36);1H/t18-,19+;/m1./s1. The predicted octanol–water partition coefficient (Wildman–Crippen LogP) is 1.00. The topological polar surface area (TPSA) is 143 Å². The average molecular weight is 537 g/mol. The van der Waals surface area contributed by atoms with E-state index in [1.54, 1.807) is 40.5 Å². The Morgan fingerprint density at radius 2 is 1.81 bits per heavy atom. The molecule has 0 bridgehead atoms. The van der Waals surface area contributed by atoms with Gasteiger partial charge in [0.05, 0.1) is 5.54 Å². The van der Waals surface area contributed by atoms with Crippen molar-refractivity contribution in [2.24, 2.45) is 23.3 Å². The first-order chi connectivity index (χ1) is 17.1. The molecule has 0 radical (unpaired) electrons. The Balaban J connectivity index is 0.00000380. The van der Waals surface area contributed by atoms with Crippen LogP contribution < -0.4 is 22.5 Å². The molecule has 2 atom stereocenters. The number of likely N-dealkylation sites (tertiary alicyclic amines) is 1. The van der Waals surface area contributed by atoms with Crippen molar-refractivity contribution in [3.63, 3.8) is 0 Å². The summed E-state index contributed by atoms with van der Waals surface area (Å²) in [5.41, 5.74) is 11.3. The summed E-state index contributed by atoms with van der Waals surface area (Å²) in [6.45, 7) is 9.06. The van der Waals surface area contributed by atoms with Gasteiger partial charge in [-0.3, -0.25) is 14.7 Å². The maximum absolute atomic E-state index is 12.7. The number of piperazine rings is 1. The number of amides is 3. The van der Waals surface area contributed by atoms with E-state index in [0.29, 0.717) is 38.0 Å². The number of hydrogen-bond acceptors (Lipinski definition) is 7. The van der Waals surface area contributed by atoms with Crippen molar-refractivity contribution in [3.05, 3.63) is 28.8 Å². The summed E-state index contributed by atoms with van der Waals surface area (Å²) in [4.78, 5) is 47.6. The van der Waals surface area contributed by atoms with Crippen molar-refractivity contribution in [1.82, 2.24) is 24.3 Å². The van der Waals surface area contributed by atoms with Crippen LogP contribution in [0.1, 0.15) is 39.5 Å². The van der Waals surface area contributed by atoms with Crippen LogP contribution in [0.5, 0.6) is 0 Å². The molecule has 0 unspecified atom stereocenters. The maximum atomic E-state index is 12.7. The van der Waals surface area contributed by atoms with Crippen LogP contribution in [-0.2, 0) is 4.79 Å². The lowest BCUT2D eigenvalue weighted by atomic mass is 9.92. The van der Waals surface area contributed by atoms with Crippen LogP contribution in [0.25, 0.3) is 5.70 Å². The average Bonchev–Trinajstić information content (AvgIpc) is 3.31. The van der Waals surface area contributed by atoms with Gasteiger partial charge in [0.2, 0.25) is 5.91 Å². The highest BCUT2D eigenvalue weighted by Gasteiger charge is 2.31. The second-order valence-corrected chi connectivity index (χ2v) is 10.9. The second-order valence-electron chi connectivity index (χ2n) is 10.9. The largest absolute Gasteiger partial charge is 0.353 e. The SMILES string of the molecule is CC(C)(N)C(=O)N1CCN(C(=O)Nc2ccn(C3=CC[C@@H](CN4CC[C@@H](CN)C4)CC3)c(=O)n2)CC1.Cl. The lowest BCUT2D eigenvalue weighted by Crippen LogP contribution is -2.58. The summed E-state index contributed by atoms with van der Waals surface area (Å²) in [5.74, 6) is 1.31. The molecule has 0 spiro atoms. The number of allylic oxidation sites excluding steroid dienone is 2. The van der Waals surface area contributed by atoms with E-state index >= 15 is 0 Å². The number of nitrogens with one attached hydrogen (secondary N) is 1. The van der Waals surface area contributed by atoms with E-state index in [2.05, 4.69) is 21.3 Å². The van der Waals surface area contributed by atoms with E-state index in [1.165, 1.54) is 6.42 Å². The van der Waals surface area contributed by atoms with Crippen LogP contribution in [0.3, 0.4) is 0 Å². The number of urea groups is 1. The summed E-state index contributed by atoms with van der Waals surface area (Å²) in [7, 11) is 0. The number of hydrogen-bond donors (Lipinski definition) is 3. The third kappa shape index (κ3) is 7.31. The molecule has 3 heterocycles. The fourth-order valence-electron chi connectivity index (χ4n) is 5.30. The van der Waals surface area contributed by atoms with E-state index in [9.17, 15) is 14.4 Å². The van der Waals surface area contributed by atoms with Crippen LogP contribution in [0.4, 0.5) is 10.6 Å². The zero-order valence-electron chi connectivity index (χ0n) is 21.9. The third-order valence-electron chi connectivity index (χ3n) is 7.47. The van der Waals surface area contributed by atoms with Gasteiger partial charge in [-0.05, 0) is 70.5 Å². The van der Waals surface area contributed by atoms with E-state index in [-0.39, 0.29) is 30.2 Å². The van der Waals surface area contributed by atoms with Crippen molar-refractivity contribution in [2.75, 3.05) is 57.7 Å². The summed E-state index contributed by atoms with van der Waals surface area (Å²) in [6.07, 6.45) is 7.83. The highest BCUT2D eigenvalue weighted by Crippen LogP contribution is 2.28. The molecule has 2 aliphatic heterocycles. The molecule has 1 aromatic rings. The third-order valence-corrected chi connectivity index (χ3v) is 7.47. The zero-order valence-corrected chi connectivity index (χ0v) is 22.7. The molecule has 4 rings (SSSR count). The molecule has 5 N–H and O–H groups in total. The first-order valence-electron chi connectivity index (χ1n) is 13.0. The predicted molar refractivity (Wildman–Crippen MR) is 146 cm³/mol. The van der Waals surface area contributed by atoms with Gasteiger partial charge in [-0.2, -0.15) is 4.98 Å². The molecule has 2 fully saturated rings. The fraction of sp³-hybridized carbons (Fsp3) is 0.680. The molecule has 3 amide bonds. The van der Waals surface area contributed by atoms with Crippen molar-refractivity contribution in [2.45, 2.75) is 45.1 Å². The number of aromatic nitrogens is 2. The number of nitrogens with two attached hydrogens (primary N) is 2. The van der Waals surface area contributed by atoms with Crippen LogP contribution in [0, 0.1) is 11.8 Å². The lowest BCUT2D eigenvalue weighted by molar-refractivity contribution is -0.137. The van der Waals surface area contributed by atoms with E-state index < -0.39 is 11.2 Å². The monoisotopic (exact) mass is 536 g/mol. The second kappa shape index (κ2) is 12.4. The molecular formula is C25H41ClN8O3. The van der Waals surface area contributed by atoms with Gasteiger partial charge in [0.25, 0.3) is 0 Å². The molecule has 3 aliphatic rings. The Labute approximate surface area is 224 Å². The number of carbonyl (C=O) groups is 2.